The molecule has 1 aromatic carbocycles. The van der Waals surface area contributed by atoms with Gasteiger partial charge in [0.2, 0.25) is 0 Å². The number of benzene rings is 1. The molecule has 1 aliphatic rings. The van der Waals surface area contributed by atoms with Crippen LogP contribution in [0.4, 0.5) is 0 Å². The van der Waals surface area contributed by atoms with E-state index in [9.17, 15) is 0 Å². The molecule has 1 saturated heterocycles. The number of ether oxygens (including phenoxy) is 1. The first-order valence-electron chi connectivity index (χ1n) is 10.3. The van der Waals surface area contributed by atoms with Crippen molar-refractivity contribution in [2.45, 2.75) is 45.4 Å². The van der Waals surface area contributed by atoms with E-state index >= 15 is 0 Å². The minimum atomic E-state index is 0.784. The molecule has 144 valence electrons. The third-order valence-corrected chi connectivity index (χ3v) is 5.77. The molecule has 0 amide bonds. The number of piperidine rings is 1. The van der Waals surface area contributed by atoms with Crippen molar-refractivity contribution in [1.29, 1.82) is 0 Å². The maximum Gasteiger partial charge on any atom is 0.120 e. The van der Waals surface area contributed by atoms with Gasteiger partial charge < -0.3 is 14.6 Å². The van der Waals surface area contributed by atoms with E-state index in [1.165, 1.54) is 19.3 Å². The summed E-state index contributed by atoms with van der Waals surface area (Å²) in [5, 5.41) is 4.55. The molecule has 0 saturated carbocycles. The minimum absolute atomic E-state index is 0.784. The fraction of sp³-hybridized carbons (Fsp3) is 0.545. The van der Waals surface area contributed by atoms with Crippen LogP contribution in [0.2, 0.25) is 0 Å². The number of aryl methyl sites for hydroxylation is 2. The van der Waals surface area contributed by atoms with Crippen molar-refractivity contribution in [1.82, 2.24) is 19.9 Å². The van der Waals surface area contributed by atoms with Crippen LogP contribution in [0.1, 0.15) is 44.9 Å². The van der Waals surface area contributed by atoms with Crippen LogP contribution in [0.15, 0.2) is 24.4 Å². The Kier molecular flexibility index (Phi) is 5.58. The first kappa shape index (κ1) is 18.2. The molecule has 1 N–H and O–H groups in total. The van der Waals surface area contributed by atoms with Crippen molar-refractivity contribution in [3.05, 3.63) is 30.2 Å². The molecule has 1 fully saturated rings. The molecule has 0 bridgehead atoms. The number of nitrogens with zero attached hydrogens (tertiary/aromatic N) is 3. The Labute approximate surface area is 161 Å². The molecule has 0 aliphatic carbocycles. The standard InChI is InChI=1S/C22H30N4O/c1-3-4-5-21-25-20-15-24-19-7-6-17(14-18(19)22(20)26(21)2)27-13-10-16-8-11-23-12-9-16/h6-7,14-16,23H,3-5,8-13H2,1-2H3. The van der Waals surface area contributed by atoms with Gasteiger partial charge in [-0.25, -0.2) is 4.98 Å². The SMILES string of the molecule is CCCCc1nc2cnc3ccc(OCCC4CCNCC4)cc3c2n1C. The minimum Gasteiger partial charge on any atom is -0.494 e. The zero-order chi connectivity index (χ0) is 18.6. The number of imidazole rings is 1. The van der Waals surface area contributed by atoms with E-state index < -0.39 is 0 Å². The monoisotopic (exact) mass is 366 g/mol. The molecular formula is C22H30N4O. The van der Waals surface area contributed by atoms with E-state index in [1.807, 2.05) is 12.3 Å². The Bertz CT molecular complexity index is 911. The predicted octanol–water partition coefficient (Wildman–Crippen LogP) is 4.23. The van der Waals surface area contributed by atoms with E-state index in [0.717, 1.165) is 78.4 Å². The van der Waals surface area contributed by atoms with Crippen molar-refractivity contribution in [3.8, 4) is 5.75 Å². The highest BCUT2D eigenvalue weighted by molar-refractivity contribution is 6.02. The van der Waals surface area contributed by atoms with Gasteiger partial charge >= 0.3 is 0 Å². The van der Waals surface area contributed by atoms with Gasteiger partial charge in [-0.15, -0.1) is 0 Å². The molecule has 5 nitrogen and oxygen atoms in total. The fourth-order valence-electron chi connectivity index (χ4n) is 4.09. The number of rotatable bonds is 7. The maximum absolute atomic E-state index is 6.10. The number of unbranched alkanes of at least 4 members (excludes halogenated alkanes) is 1. The molecule has 0 spiro atoms. The van der Waals surface area contributed by atoms with Crippen LogP contribution in [0, 0.1) is 5.92 Å². The van der Waals surface area contributed by atoms with Crippen LogP contribution in [0.25, 0.3) is 21.9 Å². The smallest absolute Gasteiger partial charge is 0.120 e. The molecule has 4 rings (SSSR count). The van der Waals surface area contributed by atoms with Crippen molar-refractivity contribution in [3.63, 3.8) is 0 Å². The zero-order valence-corrected chi connectivity index (χ0v) is 16.5. The molecule has 3 aromatic rings. The second-order valence-electron chi connectivity index (χ2n) is 7.69. The maximum atomic E-state index is 6.10. The van der Waals surface area contributed by atoms with Gasteiger partial charge in [0.05, 0.1) is 23.8 Å². The fourth-order valence-corrected chi connectivity index (χ4v) is 4.09. The van der Waals surface area contributed by atoms with Crippen molar-refractivity contribution < 1.29 is 4.74 Å². The highest BCUT2D eigenvalue weighted by Crippen LogP contribution is 2.28. The number of hydrogen-bond acceptors (Lipinski definition) is 4. The number of hydrogen-bond donors (Lipinski definition) is 1. The Balaban J connectivity index is 1.56. The lowest BCUT2D eigenvalue weighted by molar-refractivity contribution is 0.252. The summed E-state index contributed by atoms with van der Waals surface area (Å²) in [6.45, 7) is 5.29. The second-order valence-corrected chi connectivity index (χ2v) is 7.69. The zero-order valence-electron chi connectivity index (χ0n) is 16.5. The van der Waals surface area contributed by atoms with Gasteiger partial charge in [-0.3, -0.25) is 4.98 Å². The van der Waals surface area contributed by atoms with Gasteiger partial charge in [0.15, 0.2) is 0 Å². The van der Waals surface area contributed by atoms with Gasteiger partial charge in [-0.2, -0.15) is 0 Å². The molecule has 3 heterocycles. The van der Waals surface area contributed by atoms with Gasteiger partial charge in [-0.1, -0.05) is 13.3 Å². The summed E-state index contributed by atoms with van der Waals surface area (Å²) in [7, 11) is 2.12. The van der Waals surface area contributed by atoms with Crippen LogP contribution in [-0.4, -0.2) is 34.2 Å². The van der Waals surface area contributed by atoms with Crippen molar-refractivity contribution in [2.75, 3.05) is 19.7 Å². The van der Waals surface area contributed by atoms with Crippen molar-refractivity contribution >= 4 is 21.9 Å². The summed E-state index contributed by atoms with van der Waals surface area (Å²) in [6.07, 6.45) is 8.91. The van der Waals surface area contributed by atoms with E-state index in [0.29, 0.717) is 0 Å². The molecular weight excluding hydrogens is 336 g/mol. The summed E-state index contributed by atoms with van der Waals surface area (Å²) in [4.78, 5) is 9.41. The highest BCUT2D eigenvalue weighted by atomic mass is 16.5. The number of aromatic nitrogens is 3. The summed E-state index contributed by atoms with van der Waals surface area (Å²) in [5.41, 5.74) is 3.14. The lowest BCUT2D eigenvalue weighted by Gasteiger charge is -2.22. The summed E-state index contributed by atoms with van der Waals surface area (Å²) >= 11 is 0. The number of nitrogens with one attached hydrogen (secondary N) is 1. The van der Waals surface area contributed by atoms with E-state index in [-0.39, 0.29) is 0 Å². The summed E-state index contributed by atoms with van der Waals surface area (Å²) in [6, 6.07) is 6.24. The Morgan fingerprint density at radius 3 is 2.89 bits per heavy atom. The molecule has 0 atom stereocenters. The Morgan fingerprint density at radius 1 is 1.22 bits per heavy atom. The topological polar surface area (TPSA) is 52.0 Å². The number of pyridine rings is 1. The average molecular weight is 367 g/mol. The first-order valence-corrected chi connectivity index (χ1v) is 10.3. The lowest BCUT2D eigenvalue weighted by atomic mass is 9.95. The third-order valence-electron chi connectivity index (χ3n) is 5.77. The third kappa shape index (κ3) is 3.93. The van der Waals surface area contributed by atoms with Crippen molar-refractivity contribution in [2.24, 2.45) is 13.0 Å². The molecule has 0 unspecified atom stereocenters. The molecule has 5 heteroatoms. The van der Waals surface area contributed by atoms with Gasteiger partial charge in [0, 0.05) is 18.9 Å². The summed E-state index contributed by atoms with van der Waals surface area (Å²) in [5.74, 6) is 2.86. The van der Waals surface area contributed by atoms with Crippen LogP contribution >= 0.6 is 0 Å². The molecule has 2 aromatic heterocycles. The van der Waals surface area contributed by atoms with Gasteiger partial charge in [-0.05, 0) is 62.9 Å². The molecule has 0 radical (unpaired) electrons. The normalized spacial score (nSPS) is 15.6. The quantitative estimate of drug-likeness (QED) is 0.680. The largest absolute Gasteiger partial charge is 0.494 e. The number of fused-ring (bicyclic) bond motifs is 3. The van der Waals surface area contributed by atoms with E-state index in [2.05, 4.69) is 41.0 Å². The molecule has 27 heavy (non-hydrogen) atoms. The van der Waals surface area contributed by atoms with Gasteiger partial charge in [0.25, 0.3) is 0 Å². The van der Waals surface area contributed by atoms with Crippen LogP contribution in [-0.2, 0) is 13.5 Å². The van der Waals surface area contributed by atoms with Gasteiger partial charge in [0.1, 0.15) is 17.1 Å². The predicted molar refractivity (Wildman–Crippen MR) is 110 cm³/mol. The van der Waals surface area contributed by atoms with E-state index in [1.54, 1.807) is 0 Å². The van der Waals surface area contributed by atoms with E-state index in [4.69, 9.17) is 9.72 Å². The Morgan fingerprint density at radius 2 is 2.07 bits per heavy atom. The first-order chi connectivity index (χ1) is 13.3. The van der Waals surface area contributed by atoms with Crippen LogP contribution in [0.5, 0.6) is 5.75 Å². The summed E-state index contributed by atoms with van der Waals surface area (Å²) < 4.78 is 8.33. The highest BCUT2D eigenvalue weighted by Gasteiger charge is 2.14. The second kappa shape index (κ2) is 8.26. The van der Waals surface area contributed by atoms with Crippen LogP contribution in [0.3, 0.4) is 0 Å². The molecule has 1 aliphatic heterocycles. The average Bonchev–Trinajstić information content (AvgIpc) is 3.03. The Hall–Kier alpha value is -2.14. The lowest BCUT2D eigenvalue weighted by Crippen LogP contribution is -2.28. The van der Waals surface area contributed by atoms with Crippen LogP contribution < -0.4 is 10.1 Å².